The number of esters is 2. The highest BCUT2D eigenvalue weighted by atomic mass is 16.7. The maximum absolute atomic E-state index is 13.1. The molecule has 8 heteroatoms. The first-order valence-corrected chi connectivity index (χ1v) is 18.2. The summed E-state index contributed by atoms with van der Waals surface area (Å²) in [6, 6.07) is 0. The molecule has 6 bridgehead atoms. The van der Waals surface area contributed by atoms with E-state index in [4.69, 9.17) is 18.9 Å². The molecule has 254 valence electrons. The maximum atomic E-state index is 13.1. The standard InChI is InChI=1S/C37H59NO7/c1-4-38(5-2)11-6-12-42-36(41)45-25-31(23-43-34(39)18-33-14-26(3)13-27-7-9-32(33)10-8-27)24-44-35(40)22-37-19-28-15-29(20-37)17-30(16-28)21-37/h13,26,28-33H,4-12,14-25H2,1-3H3. The van der Waals surface area contributed by atoms with Crippen molar-refractivity contribution in [1.29, 1.82) is 0 Å². The molecule has 0 aromatic heterocycles. The molecule has 5 fully saturated rings. The van der Waals surface area contributed by atoms with Crippen LogP contribution in [0.1, 0.15) is 111 Å². The van der Waals surface area contributed by atoms with Gasteiger partial charge in [-0.1, -0.05) is 32.4 Å². The molecule has 7 rings (SSSR count). The van der Waals surface area contributed by atoms with Crippen LogP contribution < -0.4 is 0 Å². The summed E-state index contributed by atoms with van der Waals surface area (Å²) in [5, 5.41) is 0. The number of carbonyl (C=O) groups is 3. The van der Waals surface area contributed by atoms with E-state index in [0.29, 0.717) is 30.6 Å². The molecule has 3 atom stereocenters. The molecule has 0 N–H and O–H groups in total. The molecule has 0 aromatic carbocycles. The number of hydrogen-bond acceptors (Lipinski definition) is 8. The van der Waals surface area contributed by atoms with Gasteiger partial charge in [0.1, 0.15) is 19.8 Å². The number of rotatable bonds is 16. The maximum Gasteiger partial charge on any atom is 0.508 e. The highest BCUT2D eigenvalue weighted by Crippen LogP contribution is 2.61. The first kappa shape index (κ1) is 34.3. The van der Waals surface area contributed by atoms with E-state index < -0.39 is 12.1 Å². The molecule has 7 aliphatic rings. The second-order valence-electron chi connectivity index (χ2n) is 15.5. The van der Waals surface area contributed by atoms with Crippen LogP contribution in [-0.4, -0.2) is 69.1 Å². The Balaban J connectivity index is 1.10. The van der Waals surface area contributed by atoms with Crippen LogP contribution in [0.4, 0.5) is 4.79 Å². The summed E-state index contributed by atoms with van der Waals surface area (Å²) in [6.07, 6.45) is 16.4. The number of allylic oxidation sites excluding steroid dienone is 2. The van der Waals surface area contributed by atoms with Gasteiger partial charge in [-0.15, -0.1) is 0 Å². The van der Waals surface area contributed by atoms with Crippen molar-refractivity contribution in [3.8, 4) is 0 Å². The number of hydrogen-bond donors (Lipinski definition) is 0. The molecule has 8 nitrogen and oxygen atoms in total. The Labute approximate surface area is 271 Å². The average molecular weight is 630 g/mol. The van der Waals surface area contributed by atoms with Gasteiger partial charge in [0.2, 0.25) is 0 Å². The van der Waals surface area contributed by atoms with Crippen molar-refractivity contribution in [2.24, 2.45) is 46.8 Å². The molecule has 0 spiro atoms. The molecule has 45 heavy (non-hydrogen) atoms. The number of nitrogens with zero attached hydrogens (tertiary/aromatic N) is 1. The van der Waals surface area contributed by atoms with Crippen LogP contribution in [0.3, 0.4) is 0 Å². The first-order chi connectivity index (χ1) is 21.7. The summed E-state index contributed by atoms with van der Waals surface area (Å²) in [6.45, 7) is 9.62. The van der Waals surface area contributed by atoms with E-state index in [9.17, 15) is 14.4 Å². The minimum absolute atomic E-state index is 0.0243. The highest BCUT2D eigenvalue weighted by molar-refractivity contribution is 5.70. The SMILES string of the molecule is CCN(CC)CCCOC(=O)OCC(COC(=O)CC1CC(C)C=C2CCC1CC2)COC(=O)CC12CC3CC(CC(C3)C1)C2. The van der Waals surface area contributed by atoms with E-state index in [1.807, 2.05) is 0 Å². The van der Waals surface area contributed by atoms with Crippen LogP contribution in [0.5, 0.6) is 0 Å². The van der Waals surface area contributed by atoms with Crippen LogP contribution >= 0.6 is 0 Å². The van der Waals surface area contributed by atoms with Gasteiger partial charge in [0.15, 0.2) is 0 Å². The van der Waals surface area contributed by atoms with Crippen LogP contribution in [0.2, 0.25) is 0 Å². The van der Waals surface area contributed by atoms with Gasteiger partial charge in [0.25, 0.3) is 0 Å². The minimum Gasteiger partial charge on any atom is -0.465 e. The Morgan fingerprint density at radius 1 is 0.844 bits per heavy atom. The van der Waals surface area contributed by atoms with E-state index >= 15 is 0 Å². The molecular formula is C37H59NO7. The fourth-order valence-corrected chi connectivity index (χ4v) is 9.95. The summed E-state index contributed by atoms with van der Waals surface area (Å²) in [4.78, 5) is 40.9. The Hall–Kier alpha value is -2.09. The molecule has 7 aliphatic carbocycles. The molecule has 0 heterocycles. The second kappa shape index (κ2) is 16.1. The van der Waals surface area contributed by atoms with Crippen molar-refractivity contribution in [1.82, 2.24) is 4.90 Å². The van der Waals surface area contributed by atoms with Gasteiger partial charge in [0.05, 0.1) is 18.9 Å². The Morgan fingerprint density at radius 3 is 2.07 bits per heavy atom. The van der Waals surface area contributed by atoms with Gasteiger partial charge >= 0.3 is 18.1 Å². The van der Waals surface area contributed by atoms with E-state index in [1.165, 1.54) is 19.3 Å². The third kappa shape index (κ3) is 9.95. The first-order valence-electron chi connectivity index (χ1n) is 18.2. The second-order valence-corrected chi connectivity index (χ2v) is 15.5. The molecule has 0 saturated heterocycles. The molecule has 0 radical (unpaired) electrons. The predicted molar refractivity (Wildman–Crippen MR) is 172 cm³/mol. The quantitative estimate of drug-likeness (QED) is 0.0758. The van der Waals surface area contributed by atoms with Crippen molar-refractivity contribution in [3.63, 3.8) is 0 Å². The fraction of sp³-hybridized carbons (Fsp3) is 0.865. The van der Waals surface area contributed by atoms with E-state index in [0.717, 1.165) is 95.2 Å². The number of carbonyl (C=O) groups excluding carboxylic acids is 3. The topological polar surface area (TPSA) is 91.4 Å². The van der Waals surface area contributed by atoms with Crippen LogP contribution in [0.25, 0.3) is 0 Å². The van der Waals surface area contributed by atoms with Crippen molar-refractivity contribution in [2.45, 2.75) is 111 Å². The Morgan fingerprint density at radius 2 is 1.44 bits per heavy atom. The molecule has 0 amide bonds. The number of ether oxygens (including phenoxy) is 4. The van der Waals surface area contributed by atoms with Crippen molar-refractivity contribution in [3.05, 3.63) is 11.6 Å². The van der Waals surface area contributed by atoms with Crippen molar-refractivity contribution in [2.75, 3.05) is 46.1 Å². The zero-order valence-electron chi connectivity index (χ0n) is 28.3. The lowest BCUT2D eigenvalue weighted by atomic mass is 9.49. The smallest absolute Gasteiger partial charge is 0.465 e. The van der Waals surface area contributed by atoms with Crippen molar-refractivity contribution < 1.29 is 33.3 Å². The summed E-state index contributed by atoms with van der Waals surface area (Å²) < 4.78 is 22.3. The van der Waals surface area contributed by atoms with Gasteiger partial charge in [0, 0.05) is 13.0 Å². The van der Waals surface area contributed by atoms with Crippen molar-refractivity contribution >= 4 is 18.1 Å². The van der Waals surface area contributed by atoms with Gasteiger partial charge in [-0.3, -0.25) is 9.59 Å². The average Bonchev–Trinajstić information content (AvgIpc) is 2.99. The lowest BCUT2D eigenvalue weighted by Gasteiger charge is -2.56. The highest BCUT2D eigenvalue weighted by Gasteiger charge is 2.51. The molecule has 0 aliphatic heterocycles. The van der Waals surface area contributed by atoms with Gasteiger partial charge in [-0.05, 0) is 131 Å². The lowest BCUT2D eigenvalue weighted by Crippen LogP contribution is -2.47. The molecule has 0 aromatic rings. The van der Waals surface area contributed by atoms with Crippen LogP contribution in [0, 0.1) is 46.8 Å². The van der Waals surface area contributed by atoms with E-state index in [2.05, 4.69) is 31.7 Å². The minimum atomic E-state index is -0.737. The third-order valence-electron chi connectivity index (χ3n) is 11.8. The molecule has 5 saturated carbocycles. The molecular weight excluding hydrogens is 570 g/mol. The fourth-order valence-electron chi connectivity index (χ4n) is 9.95. The zero-order valence-corrected chi connectivity index (χ0v) is 28.3. The van der Waals surface area contributed by atoms with Gasteiger partial charge in [-0.2, -0.15) is 0 Å². The largest absolute Gasteiger partial charge is 0.508 e. The van der Waals surface area contributed by atoms with Crippen LogP contribution in [-0.2, 0) is 28.5 Å². The monoisotopic (exact) mass is 629 g/mol. The summed E-state index contributed by atoms with van der Waals surface area (Å²) in [7, 11) is 0. The molecule has 3 unspecified atom stereocenters. The Bertz CT molecular complexity index is 991. The van der Waals surface area contributed by atoms with E-state index in [-0.39, 0.29) is 43.8 Å². The third-order valence-corrected chi connectivity index (χ3v) is 11.8. The summed E-state index contributed by atoms with van der Waals surface area (Å²) >= 11 is 0. The van der Waals surface area contributed by atoms with Gasteiger partial charge < -0.3 is 23.8 Å². The normalized spacial score (nSPS) is 32.4. The predicted octanol–water partition coefficient (Wildman–Crippen LogP) is 7.34. The summed E-state index contributed by atoms with van der Waals surface area (Å²) in [5.41, 5.74) is 1.69. The Kier molecular flexibility index (Phi) is 12.3. The number of fused-ring (bicyclic) bond motifs is 5. The van der Waals surface area contributed by atoms with E-state index in [1.54, 1.807) is 5.57 Å². The zero-order chi connectivity index (χ0) is 31.8. The van der Waals surface area contributed by atoms with Gasteiger partial charge in [-0.25, -0.2) is 4.79 Å². The summed E-state index contributed by atoms with van der Waals surface area (Å²) in [5.74, 6) is 2.86. The van der Waals surface area contributed by atoms with Crippen LogP contribution in [0.15, 0.2) is 11.6 Å². The lowest BCUT2D eigenvalue weighted by molar-refractivity contribution is -0.156.